The van der Waals surface area contributed by atoms with Crippen molar-refractivity contribution >= 4 is 23.4 Å². The average Bonchev–Trinajstić information content (AvgIpc) is 2.75. The number of benzene rings is 2. The number of rotatable bonds is 6. The van der Waals surface area contributed by atoms with Crippen molar-refractivity contribution in [3.8, 4) is 0 Å². The van der Waals surface area contributed by atoms with Crippen molar-refractivity contribution in [1.29, 1.82) is 0 Å². The van der Waals surface area contributed by atoms with E-state index in [9.17, 15) is 9.59 Å². The van der Waals surface area contributed by atoms with Gasteiger partial charge in [0.1, 0.15) is 0 Å². The highest BCUT2D eigenvalue weighted by atomic mass is 16.2. The predicted octanol–water partition coefficient (Wildman–Crippen LogP) is 4.55. The lowest BCUT2D eigenvalue weighted by molar-refractivity contribution is 0.217. The van der Waals surface area contributed by atoms with E-state index < -0.39 is 0 Å². The average molecular weight is 395 g/mol. The first-order chi connectivity index (χ1) is 14.2. The monoisotopic (exact) mass is 394 g/mol. The summed E-state index contributed by atoms with van der Waals surface area (Å²) in [6, 6.07) is 18.7. The minimum Gasteiger partial charge on any atom is -0.338 e. The molecule has 2 atom stereocenters. The molecule has 0 aromatic heterocycles. The van der Waals surface area contributed by atoms with E-state index in [4.69, 9.17) is 0 Å². The molecule has 154 valence electrons. The van der Waals surface area contributed by atoms with Gasteiger partial charge in [-0.15, -0.1) is 0 Å². The number of hydrogen-bond donors (Lipinski definition) is 3. The van der Waals surface area contributed by atoms with E-state index >= 15 is 0 Å². The lowest BCUT2D eigenvalue weighted by Gasteiger charge is -2.34. The third-order valence-electron chi connectivity index (χ3n) is 5.16. The maximum absolute atomic E-state index is 13.3. The first-order valence-electron chi connectivity index (χ1n) is 10.4. The Morgan fingerprint density at radius 3 is 1.90 bits per heavy atom. The summed E-state index contributed by atoms with van der Waals surface area (Å²) in [5.74, 6) is 0. The molecule has 1 aliphatic rings. The molecule has 1 fully saturated rings. The fourth-order valence-electron chi connectivity index (χ4n) is 3.70. The number of anilines is 2. The number of hydrogen-bond acceptors (Lipinski definition) is 2. The maximum Gasteiger partial charge on any atom is 0.326 e. The van der Waals surface area contributed by atoms with E-state index in [0.717, 1.165) is 43.5 Å². The molecule has 6 heteroatoms. The second-order valence-electron chi connectivity index (χ2n) is 7.35. The standard InChI is InChI=1S/C23H30N4O2/c1-2-17-24-22(28)25-20-15-9-10-16-21(20)26-23(29)27(18-11-5-3-6-12-18)19-13-7-4-8-14-19/h3-8,11-14,20-21H,2,9-10,15-17H2,1H3,(H,26,29)(H2,24,25,28). The zero-order chi connectivity index (χ0) is 20.5. The first kappa shape index (κ1) is 20.7. The smallest absolute Gasteiger partial charge is 0.326 e. The van der Waals surface area contributed by atoms with Crippen LogP contribution in [0.1, 0.15) is 39.0 Å². The van der Waals surface area contributed by atoms with E-state index in [0.29, 0.717) is 6.54 Å². The van der Waals surface area contributed by atoms with Crippen molar-refractivity contribution in [2.45, 2.75) is 51.1 Å². The number of nitrogens with zero attached hydrogens (tertiary/aromatic N) is 1. The molecule has 1 aliphatic carbocycles. The van der Waals surface area contributed by atoms with Crippen LogP contribution in [0, 0.1) is 0 Å². The van der Waals surface area contributed by atoms with E-state index in [-0.39, 0.29) is 24.1 Å². The normalized spacial score (nSPS) is 18.5. The molecule has 2 aromatic carbocycles. The highest BCUT2D eigenvalue weighted by molar-refractivity contribution is 5.99. The number of urea groups is 2. The third-order valence-corrected chi connectivity index (χ3v) is 5.16. The fraction of sp³-hybridized carbons (Fsp3) is 0.391. The summed E-state index contributed by atoms with van der Waals surface area (Å²) >= 11 is 0. The van der Waals surface area contributed by atoms with Crippen LogP contribution in [0.2, 0.25) is 0 Å². The molecule has 6 nitrogen and oxygen atoms in total. The van der Waals surface area contributed by atoms with Crippen LogP contribution >= 0.6 is 0 Å². The summed E-state index contributed by atoms with van der Waals surface area (Å²) in [4.78, 5) is 27.1. The molecule has 4 amide bonds. The molecule has 0 heterocycles. The van der Waals surface area contributed by atoms with Crippen molar-refractivity contribution in [3.63, 3.8) is 0 Å². The molecule has 0 aliphatic heterocycles. The van der Waals surface area contributed by atoms with Crippen molar-refractivity contribution in [2.75, 3.05) is 11.4 Å². The molecule has 3 N–H and O–H groups in total. The van der Waals surface area contributed by atoms with Crippen LogP contribution in [0.15, 0.2) is 60.7 Å². The molecule has 2 aromatic rings. The van der Waals surface area contributed by atoms with Gasteiger partial charge in [0.05, 0.1) is 23.5 Å². The van der Waals surface area contributed by atoms with Crippen molar-refractivity contribution in [2.24, 2.45) is 0 Å². The van der Waals surface area contributed by atoms with Gasteiger partial charge in [-0.3, -0.25) is 4.90 Å². The fourth-order valence-corrected chi connectivity index (χ4v) is 3.70. The number of amides is 4. The molecular weight excluding hydrogens is 364 g/mol. The van der Waals surface area contributed by atoms with E-state index in [1.807, 2.05) is 67.6 Å². The Morgan fingerprint density at radius 2 is 1.38 bits per heavy atom. The molecule has 0 saturated heterocycles. The highest BCUT2D eigenvalue weighted by Crippen LogP contribution is 2.26. The SMILES string of the molecule is CCCNC(=O)NC1CCCCC1NC(=O)N(c1ccccc1)c1ccccc1. The number of para-hydroxylation sites is 2. The van der Waals surface area contributed by atoms with Crippen molar-refractivity contribution in [3.05, 3.63) is 60.7 Å². The van der Waals surface area contributed by atoms with Gasteiger partial charge in [-0.05, 0) is 43.5 Å². The number of carbonyl (C=O) groups is 2. The summed E-state index contributed by atoms with van der Waals surface area (Å²) in [6.07, 6.45) is 4.69. The Bertz CT molecular complexity index is 742. The topological polar surface area (TPSA) is 73.5 Å². The molecule has 0 radical (unpaired) electrons. The minimum atomic E-state index is -0.185. The highest BCUT2D eigenvalue weighted by Gasteiger charge is 2.30. The quantitative estimate of drug-likeness (QED) is 0.672. The summed E-state index contributed by atoms with van der Waals surface area (Å²) < 4.78 is 0. The summed E-state index contributed by atoms with van der Waals surface area (Å²) in [6.45, 7) is 2.66. The maximum atomic E-state index is 13.3. The van der Waals surface area contributed by atoms with Gasteiger partial charge in [0.25, 0.3) is 0 Å². The Hall–Kier alpha value is -3.02. The van der Waals surface area contributed by atoms with Gasteiger partial charge in [-0.1, -0.05) is 56.2 Å². The second-order valence-corrected chi connectivity index (χ2v) is 7.35. The van der Waals surface area contributed by atoms with Gasteiger partial charge in [0, 0.05) is 6.54 Å². The van der Waals surface area contributed by atoms with Crippen LogP contribution in [0.5, 0.6) is 0 Å². The van der Waals surface area contributed by atoms with E-state index in [1.165, 1.54) is 0 Å². The van der Waals surface area contributed by atoms with Crippen LogP contribution in [0.3, 0.4) is 0 Å². The largest absolute Gasteiger partial charge is 0.338 e. The predicted molar refractivity (Wildman–Crippen MR) is 116 cm³/mol. The minimum absolute atomic E-state index is 0.0713. The summed E-state index contributed by atoms with van der Waals surface area (Å²) in [5.41, 5.74) is 1.61. The number of nitrogens with one attached hydrogen (secondary N) is 3. The van der Waals surface area contributed by atoms with Crippen LogP contribution in [-0.2, 0) is 0 Å². The summed E-state index contributed by atoms with van der Waals surface area (Å²) in [5, 5.41) is 9.07. The number of carbonyl (C=O) groups excluding carboxylic acids is 2. The van der Waals surface area contributed by atoms with Crippen LogP contribution < -0.4 is 20.9 Å². The molecular formula is C23H30N4O2. The van der Waals surface area contributed by atoms with Crippen LogP contribution in [0.25, 0.3) is 0 Å². The van der Waals surface area contributed by atoms with Gasteiger partial charge < -0.3 is 16.0 Å². The summed E-state index contributed by atoms with van der Waals surface area (Å²) in [7, 11) is 0. The Morgan fingerprint density at radius 1 is 0.862 bits per heavy atom. The van der Waals surface area contributed by atoms with Crippen LogP contribution in [0.4, 0.5) is 21.0 Å². The molecule has 1 saturated carbocycles. The Balaban J connectivity index is 1.74. The Kier molecular flexibility index (Phi) is 7.50. The zero-order valence-electron chi connectivity index (χ0n) is 16.9. The van der Waals surface area contributed by atoms with Crippen molar-refractivity contribution in [1.82, 2.24) is 16.0 Å². The van der Waals surface area contributed by atoms with Gasteiger partial charge in [-0.25, -0.2) is 9.59 Å². The van der Waals surface area contributed by atoms with Gasteiger partial charge in [-0.2, -0.15) is 0 Å². The zero-order valence-corrected chi connectivity index (χ0v) is 16.9. The molecule has 29 heavy (non-hydrogen) atoms. The lowest BCUT2D eigenvalue weighted by atomic mass is 9.90. The van der Waals surface area contributed by atoms with Gasteiger partial charge in [0.15, 0.2) is 0 Å². The lowest BCUT2D eigenvalue weighted by Crippen LogP contribution is -2.56. The molecule has 0 spiro atoms. The second kappa shape index (κ2) is 10.5. The van der Waals surface area contributed by atoms with Crippen LogP contribution in [-0.4, -0.2) is 30.7 Å². The molecule has 0 bridgehead atoms. The molecule has 3 rings (SSSR count). The van der Waals surface area contributed by atoms with Crippen molar-refractivity contribution < 1.29 is 9.59 Å². The van der Waals surface area contributed by atoms with E-state index in [2.05, 4.69) is 16.0 Å². The first-order valence-corrected chi connectivity index (χ1v) is 10.4. The molecule has 2 unspecified atom stereocenters. The van der Waals surface area contributed by atoms with Gasteiger partial charge >= 0.3 is 12.1 Å². The Labute approximate surface area is 172 Å². The van der Waals surface area contributed by atoms with Gasteiger partial charge in [0.2, 0.25) is 0 Å². The third kappa shape index (κ3) is 5.73. The van der Waals surface area contributed by atoms with E-state index in [1.54, 1.807) is 4.90 Å².